The molecule has 0 N–H and O–H groups in total. The van der Waals surface area contributed by atoms with Gasteiger partial charge in [-0.15, -0.1) is 0 Å². The van der Waals surface area contributed by atoms with Crippen molar-refractivity contribution >= 4 is 17.3 Å². The van der Waals surface area contributed by atoms with Gasteiger partial charge in [0.05, 0.1) is 18.5 Å². The van der Waals surface area contributed by atoms with Gasteiger partial charge >= 0.3 is 0 Å². The van der Waals surface area contributed by atoms with Crippen LogP contribution in [0.5, 0.6) is 11.5 Å². The topological polar surface area (TPSA) is 42.0 Å². The lowest BCUT2D eigenvalue weighted by molar-refractivity contribution is 0.0651. The average molecular weight is 310 g/mol. The van der Waals surface area contributed by atoms with E-state index in [0.29, 0.717) is 12.3 Å². The van der Waals surface area contributed by atoms with E-state index in [9.17, 15) is 4.79 Å². The van der Waals surface area contributed by atoms with Gasteiger partial charge in [0.2, 0.25) is 0 Å². The zero-order chi connectivity index (χ0) is 15.8. The van der Waals surface area contributed by atoms with Crippen molar-refractivity contribution in [1.29, 1.82) is 0 Å². The molecule has 1 fully saturated rings. The number of hydrogen-bond donors (Lipinski definition) is 0. The highest BCUT2D eigenvalue weighted by Crippen LogP contribution is 2.42. The first-order valence-electron chi connectivity index (χ1n) is 7.74. The van der Waals surface area contributed by atoms with Crippen molar-refractivity contribution in [2.45, 2.75) is 6.42 Å². The van der Waals surface area contributed by atoms with Crippen LogP contribution in [0.2, 0.25) is 0 Å². The summed E-state index contributed by atoms with van der Waals surface area (Å²) in [4.78, 5) is 16.2. The van der Waals surface area contributed by atoms with Gasteiger partial charge in [-0.25, -0.2) is 0 Å². The summed E-state index contributed by atoms with van der Waals surface area (Å²) in [6.07, 6.45) is 1.09. The number of rotatable bonds is 3. The number of fused-ring (bicyclic) bond motifs is 1. The van der Waals surface area contributed by atoms with E-state index in [-0.39, 0.29) is 5.91 Å². The minimum Gasteiger partial charge on any atom is -0.495 e. The Balaban J connectivity index is 1.66. The van der Waals surface area contributed by atoms with Crippen LogP contribution in [0.1, 0.15) is 16.8 Å². The summed E-state index contributed by atoms with van der Waals surface area (Å²) in [6, 6.07) is 13.5. The maximum atomic E-state index is 12.3. The Morgan fingerprint density at radius 1 is 1.13 bits per heavy atom. The summed E-state index contributed by atoms with van der Waals surface area (Å²) < 4.78 is 11.2. The quantitative estimate of drug-likeness (QED) is 0.874. The molecule has 0 radical (unpaired) electrons. The number of likely N-dealkylation sites (tertiary alicyclic amines) is 1. The summed E-state index contributed by atoms with van der Waals surface area (Å²) >= 11 is 0. The standard InChI is InChI=1S/C18H18N2O3/c1-22-16-6-3-2-5-14(16)20-12-23-17-11-13(7-8-15(17)20)18(21)19-9-4-10-19/h2-3,5-8,11H,4,9-10,12H2,1H3. The van der Waals surface area contributed by atoms with Crippen LogP contribution in [0.15, 0.2) is 42.5 Å². The summed E-state index contributed by atoms with van der Waals surface area (Å²) in [6.45, 7) is 2.12. The van der Waals surface area contributed by atoms with Crippen LogP contribution in [-0.4, -0.2) is 37.7 Å². The second-order valence-corrected chi connectivity index (χ2v) is 5.70. The number of nitrogens with zero attached hydrogens (tertiary/aromatic N) is 2. The third kappa shape index (κ3) is 2.29. The molecule has 0 atom stereocenters. The summed E-state index contributed by atoms with van der Waals surface area (Å²) in [5, 5.41) is 0. The largest absolute Gasteiger partial charge is 0.495 e. The molecule has 0 unspecified atom stereocenters. The molecule has 118 valence electrons. The van der Waals surface area contributed by atoms with E-state index >= 15 is 0 Å². The van der Waals surface area contributed by atoms with Gasteiger partial charge in [0.1, 0.15) is 11.5 Å². The van der Waals surface area contributed by atoms with Gasteiger partial charge in [-0.2, -0.15) is 0 Å². The zero-order valence-corrected chi connectivity index (χ0v) is 13.0. The minimum atomic E-state index is 0.0818. The van der Waals surface area contributed by atoms with Gasteiger partial charge in [0, 0.05) is 18.7 Å². The molecule has 4 rings (SSSR count). The van der Waals surface area contributed by atoms with Crippen LogP contribution >= 0.6 is 0 Å². The lowest BCUT2D eigenvalue weighted by Crippen LogP contribution is -2.41. The van der Waals surface area contributed by atoms with Crippen molar-refractivity contribution in [1.82, 2.24) is 4.90 Å². The van der Waals surface area contributed by atoms with Crippen molar-refractivity contribution in [3.63, 3.8) is 0 Å². The molecule has 2 aliphatic heterocycles. The first-order chi connectivity index (χ1) is 11.3. The van der Waals surface area contributed by atoms with Gasteiger partial charge in [0.25, 0.3) is 5.91 Å². The van der Waals surface area contributed by atoms with Gasteiger partial charge in [-0.1, -0.05) is 12.1 Å². The van der Waals surface area contributed by atoms with Crippen molar-refractivity contribution in [3.05, 3.63) is 48.0 Å². The second kappa shape index (κ2) is 5.50. The molecule has 5 heteroatoms. The molecule has 2 heterocycles. The lowest BCUT2D eigenvalue weighted by Gasteiger charge is -2.31. The van der Waals surface area contributed by atoms with E-state index in [1.807, 2.05) is 52.3 Å². The number of benzene rings is 2. The van der Waals surface area contributed by atoms with E-state index in [1.54, 1.807) is 7.11 Å². The fourth-order valence-corrected chi connectivity index (χ4v) is 2.94. The zero-order valence-electron chi connectivity index (χ0n) is 13.0. The summed E-state index contributed by atoms with van der Waals surface area (Å²) in [5.41, 5.74) is 2.59. The monoisotopic (exact) mass is 310 g/mol. The molecule has 0 aromatic heterocycles. The molecule has 2 aromatic rings. The van der Waals surface area contributed by atoms with Crippen LogP contribution in [0, 0.1) is 0 Å². The predicted molar refractivity (Wildman–Crippen MR) is 87.6 cm³/mol. The maximum Gasteiger partial charge on any atom is 0.253 e. The van der Waals surface area contributed by atoms with E-state index in [1.165, 1.54) is 0 Å². The Labute approximate surface area is 135 Å². The van der Waals surface area contributed by atoms with Crippen LogP contribution in [0.4, 0.5) is 11.4 Å². The number of ether oxygens (including phenoxy) is 2. The van der Waals surface area contributed by atoms with Crippen LogP contribution < -0.4 is 14.4 Å². The van der Waals surface area contributed by atoms with Crippen LogP contribution in [0.25, 0.3) is 0 Å². The minimum absolute atomic E-state index is 0.0818. The highest BCUT2D eigenvalue weighted by molar-refractivity contribution is 5.96. The molecular weight excluding hydrogens is 292 g/mol. The van der Waals surface area contributed by atoms with E-state index < -0.39 is 0 Å². The lowest BCUT2D eigenvalue weighted by atomic mass is 10.1. The predicted octanol–water partition coefficient (Wildman–Crippen LogP) is 3.03. The maximum absolute atomic E-state index is 12.3. The van der Waals surface area contributed by atoms with Crippen molar-refractivity contribution in [3.8, 4) is 11.5 Å². The smallest absolute Gasteiger partial charge is 0.253 e. The molecule has 0 bridgehead atoms. The number of methoxy groups -OCH3 is 1. The second-order valence-electron chi connectivity index (χ2n) is 5.70. The molecule has 1 amide bonds. The highest BCUT2D eigenvalue weighted by Gasteiger charge is 2.27. The van der Waals surface area contributed by atoms with Gasteiger partial charge in [-0.3, -0.25) is 4.79 Å². The Morgan fingerprint density at radius 2 is 1.96 bits per heavy atom. The van der Waals surface area contributed by atoms with Gasteiger partial charge < -0.3 is 19.3 Å². The number of carbonyl (C=O) groups is 1. The number of amides is 1. The van der Waals surface area contributed by atoms with E-state index in [2.05, 4.69) is 0 Å². The molecule has 2 aliphatic rings. The van der Waals surface area contributed by atoms with E-state index in [4.69, 9.17) is 9.47 Å². The molecular formula is C18H18N2O3. The Hall–Kier alpha value is -2.69. The first kappa shape index (κ1) is 13.9. The number of anilines is 2. The fraction of sp³-hybridized carbons (Fsp3) is 0.278. The molecule has 0 aliphatic carbocycles. The van der Waals surface area contributed by atoms with Crippen LogP contribution in [-0.2, 0) is 0 Å². The van der Waals surface area contributed by atoms with Gasteiger partial charge in [0.15, 0.2) is 6.73 Å². The number of para-hydroxylation sites is 2. The molecule has 1 saturated heterocycles. The first-order valence-corrected chi connectivity index (χ1v) is 7.74. The van der Waals surface area contributed by atoms with Crippen molar-refractivity contribution in [2.75, 3.05) is 31.8 Å². The Morgan fingerprint density at radius 3 is 2.70 bits per heavy atom. The Kier molecular flexibility index (Phi) is 3.33. The molecule has 2 aromatic carbocycles. The summed E-state index contributed by atoms with van der Waals surface area (Å²) in [5.74, 6) is 1.62. The number of carbonyl (C=O) groups excluding carboxylic acids is 1. The van der Waals surface area contributed by atoms with Gasteiger partial charge in [-0.05, 0) is 36.8 Å². The van der Waals surface area contributed by atoms with Crippen molar-refractivity contribution < 1.29 is 14.3 Å². The average Bonchev–Trinajstić information content (AvgIpc) is 2.96. The van der Waals surface area contributed by atoms with Crippen LogP contribution in [0.3, 0.4) is 0 Å². The molecule has 5 nitrogen and oxygen atoms in total. The SMILES string of the molecule is COc1ccccc1N1COc2cc(C(=O)N3CCC3)ccc21. The molecule has 0 spiro atoms. The summed E-state index contributed by atoms with van der Waals surface area (Å²) in [7, 11) is 1.66. The third-order valence-corrected chi connectivity index (χ3v) is 4.37. The fourth-order valence-electron chi connectivity index (χ4n) is 2.94. The normalized spacial score (nSPS) is 15.7. The molecule has 0 saturated carbocycles. The highest BCUT2D eigenvalue weighted by atomic mass is 16.5. The molecule has 23 heavy (non-hydrogen) atoms. The number of hydrogen-bond acceptors (Lipinski definition) is 4. The van der Waals surface area contributed by atoms with E-state index in [0.717, 1.165) is 42.4 Å². The Bertz CT molecular complexity index is 756. The third-order valence-electron chi connectivity index (χ3n) is 4.37. The van der Waals surface area contributed by atoms with Crippen molar-refractivity contribution in [2.24, 2.45) is 0 Å².